The monoisotopic (exact) mass is 480 g/mol. The van der Waals surface area contributed by atoms with Crippen LogP contribution in [0.15, 0.2) is 36.7 Å². The van der Waals surface area contributed by atoms with Gasteiger partial charge >= 0.3 is 6.09 Å². The van der Waals surface area contributed by atoms with Gasteiger partial charge in [-0.1, -0.05) is 11.5 Å². The van der Waals surface area contributed by atoms with Gasteiger partial charge < -0.3 is 10.1 Å². The van der Waals surface area contributed by atoms with Crippen LogP contribution in [0.3, 0.4) is 0 Å². The third-order valence-electron chi connectivity index (χ3n) is 5.51. The summed E-state index contributed by atoms with van der Waals surface area (Å²) in [5.41, 5.74) is 2.53. The number of alkyl halides is 2. The Labute approximate surface area is 203 Å². The third kappa shape index (κ3) is 5.63. The van der Waals surface area contributed by atoms with Crippen molar-refractivity contribution in [3.05, 3.63) is 47.8 Å². The van der Waals surface area contributed by atoms with Crippen LogP contribution in [0.5, 0.6) is 0 Å². The quantitative estimate of drug-likeness (QED) is 0.542. The number of hydrogen-bond donors (Lipinski definition) is 1. The zero-order valence-electron chi connectivity index (χ0n) is 20.1. The number of carbonyl (C=O) groups excluding carboxylic acids is 2. The summed E-state index contributed by atoms with van der Waals surface area (Å²) in [6.45, 7) is 5.95. The van der Waals surface area contributed by atoms with Crippen molar-refractivity contribution >= 4 is 36.6 Å². The number of nitrogens with zero attached hydrogens (tertiary/aromatic N) is 3. The SMILES string of the molecule is [B]c1cc(N(CC(F)F)C(=O)OC(C)(C)C)c2ncc(-c3ccc(C(=O)NC4CC4)c(C)c3)n2c1. The molecule has 0 saturated heterocycles. The molecule has 2 amide bonds. The molecular formula is C25H27BF2N4O3. The molecule has 1 fully saturated rings. The minimum atomic E-state index is -2.80. The Morgan fingerprint density at radius 3 is 2.60 bits per heavy atom. The number of rotatable bonds is 6. The molecule has 1 aliphatic rings. The van der Waals surface area contributed by atoms with E-state index < -0.39 is 24.7 Å². The number of ether oxygens (including phenoxy) is 1. The lowest BCUT2D eigenvalue weighted by molar-refractivity contribution is 0.0543. The van der Waals surface area contributed by atoms with Gasteiger partial charge in [0.15, 0.2) is 5.65 Å². The second kappa shape index (κ2) is 9.32. The van der Waals surface area contributed by atoms with Crippen LogP contribution in [0.2, 0.25) is 0 Å². The van der Waals surface area contributed by atoms with Crippen molar-refractivity contribution < 1.29 is 23.1 Å². The summed E-state index contributed by atoms with van der Waals surface area (Å²) in [7, 11) is 6.11. The molecule has 1 aromatic carbocycles. The van der Waals surface area contributed by atoms with Crippen molar-refractivity contribution in [1.82, 2.24) is 14.7 Å². The van der Waals surface area contributed by atoms with E-state index in [4.69, 9.17) is 12.6 Å². The van der Waals surface area contributed by atoms with Gasteiger partial charge in [0.2, 0.25) is 0 Å². The van der Waals surface area contributed by atoms with Crippen LogP contribution < -0.4 is 15.7 Å². The third-order valence-corrected chi connectivity index (χ3v) is 5.51. The number of fused-ring (bicyclic) bond motifs is 1. The Morgan fingerprint density at radius 2 is 2.00 bits per heavy atom. The van der Waals surface area contributed by atoms with E-state index in [9.17, 15) is 18.4 Å². The lowest BCUT2D eigenvalue weighted by Gasteiger charge is -2.27. The molecule has 182 valence electrons. The van der Waals surface area contributed by atoms with Gasteiger partial charge in [0, 0.05) is 23.4 Å². The molecule has 7 nitrogen and oxygen atoms in total. The minimum absolute atomic E-state index is 0.110. The Balaban J connectivity index is 1.74. The molecule has 1 saturated carbocycles. The van der Waals surface area contributed by atoms with Crippen LogP contribution in [-0.2, 0) is 4.74 Å². The molecule has 2 aromatic heterocycles. The van der Waals surface area contributed by atoms with E-state index in [1.807, 2.05) is 13.0 Å². The topological polar surface area (TPSA) is 75.9 Å². The lowest BCUT2D eigenvalue weighted by atomic mass is 9.97. The van der Waals surface area contributed by atoms with Crippen LogP contribution in [0.4, 0.5) is 19.3 Å². The summed E-state index contributed by atoms with van der Waals surface area (Å²) in [6, 6.07) is 7.08. The number of carbonyl (C=O) groups is 2. The summed E-state index contributed by atoms with van der Waals surface area (Å²) < 4.78 is 33.9. The largest absolute Gasteiger partial charge is 0.443 e. The van der Waals surface area contributed by atoms with Gasteiger partial charge in [0.25, 0.3) is 12.3 Å². The standard InChI is InChI=1S/C25H27BF2N4O3/c1-14-9-15(5-8-18(14)23(33)30-17-6-7-17)20-11-29-22-19(10-16(26)12-31(20)22)32(13-21(27)28)24(34)35-25(2,3)4/h5,8-12,17,21H,6-7,13H2,1-4H3,(H,30,33). The van der Waals surface area contributed by atoms with Crippen molar-refractivity contribution in [1.29, 1.82) is 0 Å². The fourth-order valence-corrected chi connectivity index (χ4v) is 3.80. The first kappa shape index (κ1) is 24.7. The molecule has 3 aromatic rings. The Hall–Kier alpha value is -3.43. The van der Waals surface area contributed by atoms with Gasteiger partial charge in [-0.15, -0.1) is 0 Å². The number of anilines is 1. The van der Waals surface area contributed by atoms with Crippen molar-refractivity contribution in [3.8, 4) is 11.3 Å². The molecule has 2 radical (unpaired) electrons. The van der Waals surface area contributed by atoms with Crippen LogP contribution in [0, 0.1) is 6.92 Å². The first-order valence-electron chi connectivity index (χ1n) is 11.4. The average Bonchev–Trinajstić information content (AvgIpc) is 3.45. The van der Waals surface area contributed by atoms with Crippen molar-refractivity contribution in [3.63, 3.8) is 0 Å². The van der Waals surface area contributed by atoms with E-state index in [0.717, 1.165) is 28.9 Å². The van der Waals surface area contributed by atoms with Gasteiger partial charge in [-0.25, -0.2) is 18.6 Å². The first-order valence-corrected chi connectivity index (χ1v) is 11.4. The predicted octanol–water partition coefficient (Wildman–Crippen LogP) is 4.00. The number of imidazole rings is 1. The number of pyridine rings is 1. The van der Waals surface area contributed by atoms with E-state index in [2.05, 4.69) is 10.3 Å². The summed E-state index contributed by atoms with van der Waals surface area (Å²) in [6.07, 6.45) is 1.47. The van der Waals surface area contributed by atoms with E-state index in [0.29, 0.717) is 11.3 Å². The number of aryl methyl sites for hydroxylation is 1. The van der Waals surface area contributed by atoms with Gasteiger partial charge in [0.1, 0.15) is 13.4 Å². The van der Waals surface area contributed by atoms with E-state index in [1.165, 1.54) is 6.07 Å². The molecular weight excluding hydrogens is 453 g/mol. The average molecular weight is 480 g/mol. The highest BCUT2D eigenvalue weighted by Crippen LogP contribution is 2.29. The molecule has 0 bridgehead atoms. The minimum Gasteiger partial charge on any atom is -0.443 e. The summed E-state index contributed by atoms with van der Waals surface area (Å²) in [5, 5.41) is 2.98. The second-order valence-corrected chi connectivity index (χ2v) is 9.76. The molecule has 4 rings (SSSR count). The van der Waals surface area contributed by atoms with Gasteiger partial charge in [-0.3, -0.25) is 14.1 Å². The fourth-order valence-electron chi connectivity index (χ4n) is 3.80. The molecule has 1 N–H and O–H groups in total. The summed E-state index contributed by atoms with van der Waals surface area (Å²) >= 11 is 0. The number of halogens is 2. The lowest BCUT2D eigenvalue weighted by Crippen LogP contribution is -2.40. The summed E-state index contributed by atoms with van der Waals surface area (Å²) in [5.74, 6) is -0.110. The van der Waals surface area contributed by atoms with E-state index in [-0.39, 0.29) is 28.7 Å². The number of nitrogens with one attached hydrogen (secondary N) is 1. The molecule has 35 heavy (non-hydrogen) atoms. The highest BCUT2D eigenvalue weighted by atomic mass is 19.3. The smallest absolute Gasteiger partial charge is 0.415 e. The maximum absolute atomic E-state index is 13.4. The van der Waals surface area contributed by atoms with Gasteiger partial charge in [-0.2, -0.15) is 0 Å². The van der Waals surface area contributed by atoms with Crippen LogP contribution in [0.25, 0.3) is 16.9 Å². The molecule has 10 heteroatoms. The normalized spacial score (nSPS) is 13.8. The Bertz CT molecular complexity index is 1280. The second-order valence-electron chi connectivity index (χ2n) is 9.76. The zero-order valence-corrected chi connectivity index (χ0v) is 20.1. The van der Waals surface area contributed by atoms with Crippen molar-refractivity contribution in [2.45, 2.75) is 58.6 Å². The zero-order chi connectivity index (χ0) is 25.5. The highest BCUT2D eigenvalue weighted by Gasteiger charge is 2.29. The van der Waals surface area contributed by atoms with Crippen LogP contribution in [0.1, 0.15) is 49.5 Å². The number of benzene rings is 1. The Morgan fingerprint density at radius 1 is 1.29 bits per heavy atom. The summed E-state index contributed by atoms with van der Waals surface area (Å²) in [4.78, 5) is 30.6. The maximum Gasteiger partial charge on any atom is 0.415 e. The van der Waals surface area contributed by atoms with Crippen LogP contribution >= 0.6 is 0 Å². The molecule has 0 spiro atoms. The molecule has 2 heterocycles. The number of hydrogen-bond acceptors (Lipinski definition) is 4. The Kier molecular flexibility index (Phi) is 6.57. The molecule has 0 aliphatic heterocycles. The highest BCUT2D eigenvalue weighted by molar-refractivity contribution is 6.32. The first-order chi connectivity index (χ1) is 16.4. The maximum atomic E-state index is 13.4. The van der Waals surface area contributed by atoms with Crippen LogP contribution in [-0.4, -0.2) is 53.8 Å². The molecule has 1 aliphatic carbocycles. The van der Waals surface area contributed by atoms with Crippen molar-refractivity contribution in [2.24, 2.45) is 0 Å². The van der Waals surface area contributed by atoms with Gasteiger partial charge in [-0.05, 0) is 64.3 Å². The fraction of sp³-hybridized carbons (Fsp3) is 0.400. The molecule has 0 atom stereocenters. The van der Waals surface area contributed by atoms with Gasteiger partial charge in [0.05, 0.1) is 24.1 Å². The predicted molar refractivity (Wildman–Crippen MR) is 131 cm³/mol. The van der Waals surface area contributed by atoms with Crippen molar-refractivity contribution in [2.75, 3.05) is 11.4 Å². The number of aromatic nitrogens is 2. The van der Waals surface area contributed by atoms with E-state index in [1.54, 1.807) is 49.7 Å². The van der Waals surface area contributed by atoms with E-state index >= 15 is 0 Å². The number of amides is 2. The molecule has 0 unspecified atom stereocenters.